The third-order valence-electron chi connectivity index (χ3n) is 3.16. The molecule has 96 valence electrons. The molecule has 0 saturated carbocycles. The highest BCUT2D eigenvalue weighted by molar-refractivity contribution is 6.06. The van der Waals surface area contributed by atoms with E-state index in [0.717, 1.165) is 4.90 Å². The Bertz CT molecular complexity index is 508. The number of nitrogens with one attached hydrogen (secondary N) is 1. The first-order valence-electron chi connectivity index (χ1n) is 5.68. The molecule has 2 rings (SSSR count). The van der Waals surface area contributed by atoms with Gasteiger partial charge in [0.25, 0.3) is 5.91 Å². The van der Waals surface area contributed by atoms with E-state index >= 15 is 0 Å². The Labute approximate surface area is 104 Å². The van der Waals surface area contributed by atoms with E-state index in [-0.39, 0.29) is 18.2 Å². The average Bonchev–Trinajstić information content (AvgIpc) is 2.89. The van der Waals surface area contributed by atoms with Crippen molar-refractivity contribution in [2.75, 3.05) is 0 Å². The van der Waals surface area contributed by atoms with Crippen molar-refractivity contribution < 1.29 is 18.8 Å². The maximum atomic E-state index is 12.1. The molecule has 6 heteroatoms. The van der Waals surface area contributed by atoms with E-state index in [4.69, 9.17) is 4.42 Å². The van der Waals surface area contributed by atoms with Crippen molar-refractivity contribution in [1.82, 2.24) is 10.2 Å². The molecule has 1 unspecified atom stereocenters. The van der Waals surface area contributed by atoms with Crippen LogP contribution in [0.25, 0.3) is 0 Å². The van der Waals surface area contributed by atoms with E-state index in [0.29, 0.717) is 18.5 Å². The van der Waals surface area contributed by atoms with E-state index in [2.05, 4.69) is 5.32 Å². The van der Waals surface area contributed by atoms with Crippen LogP contribution in [0.3, 0.4) is 0 Å². The Morgan fingerprint density at radius 2 is 2.17 bits per heavy atom. The Balaban J connectivity index is 2.17. The summed E-state index contributed by atoms with van der Waals surface area (Å²) in [4.78, 5) is 35.4. The molecular formula is C12H14N2O4. The number of hydrogen-bond donors (Lipinski definition) is 1. The van der Waals surface area contributed by atoms with Gasteiger partial charge in [-0.1, -0.05) is 6.92 Å². The Hall–Kier alpha value is -2.11. The molecule has 2 heterocycles. The zero-order valence-corrected chi connectivity index (χ0v) is 10.2. The summed E-state index contributed by atoms with van der Waals surface area (Å²) in [5, 5.41) is 2.65. The number of carbonyl (C=O) groups is 3. The van der Waals surface area contributed by atoms with Crippen molar-refractivity contribution in [3.63, 3.8) is 0 Å². The first kappa shape index (κ1) is 12.3. The van der Waals surface area contributed by atoms with E-state index < -0.39 is 11.6 Å². The number of rotatable bonds is 4. The SMILES string of the molecule is CCC1(C)NC(=O)N(Cc2ccc(C=O)o2)C1=O. The first-order valence-corrected chi connectivity index (χ1v) is 5.68. The second-order valence-electron chi connectivity index (χ2n) is 4.43. The quantitative estimate of drug-likeness (QED) is 0.645. The molecule has 0 spiro atoms. The molecule has 1 aromatic heterocycles. The molecule has 1 aliphatic rings. The normalized spacial score (nSPS) is 23.3. The first-order chi connectivity index (χ1) is 8.50. The molecule has 0 bridgehead atoms. The summed E-state index contributed by atoms with van der Waals surface area (Å²) in [6.45, 7) is 3.55. The highest BCUT2D eigenvalue weighted by Gasteiger charge is 2.46. The smallest absolute Gasteiger partial charge is 0.325 e. The van der Waals surface area contributed by atoms with Crippen LogP contribution < -0.4 is 5.32 Å². The molecule has 1 fully saturated rings. The molecule has 6 nitrogen and oxygen atoms in total. The minimum Gasteiger partial charge on any atom is -0.456 e. The number of imide groups is 1. The maximum absolute atomic E-state index is 12.1. The number of furan rings is 1. The van der Waals surface area contributed by atoms with Gasteiger partial charge < -0.3 is 9.73 Å². The fourth-order valence-corrected chi connectivity index (χ4v) is 1.83. The number of carbonyl (C=O) groups excluding carboxylic acids is 3. The van der Waals surface area contributed by atoms with Crippen LogP contribution in [0, 0.1) is 0 Å². The molecule has 1 aliphatic heterocycles. The molecule has 1 aromatic rings. The third-order valence-corrected chi connectivity index (χ3v) is 3.16. The molecule has 1 atom stereocenters. The molecule has 0 aliphatic carbocycles. The molecule has 18 heavy (non-hydrogen) atoms. The van der Waals surface area contributed by atoms with Gasteiger partial charge in [0.15, 0.2) is 12.0 Å². The van der Waals surface area contributed by atoms with Gasteiger partial charge in [-0.3, -0.25) is 14.5 Å². The van der Waals surface area contributed by atoms with Crippen molar-refractivity contribution in [3.05, 3.63) is 23.7 Å². The van der Waals surface area contributed by atoms with Gasteiger partial charge in [0.1, 0.15) is 11.3 Å². The van der Waals surface area contributed by atoms with Gasteiger partial charge in [-0.25, -0.2) is 4.79 Å². The number of hydrogen-bond acceptors (Lipinski definition) is 4. The van der Waals surface area contributed by atoms with E-state index in [1.807, 2.05) is 6.92 Å². The molecule has 1 N–H and O–H groups in total. The van der Waals surface area contributed by atoms with Crippen LogP contribution in [-0.4, -0.2) is 28.7 Å². The average molecular weight is 250 g/mol. The van der Waals surface area contributed by atoms with E-state index in [1.54, 1.807) is 13.0 Å². The van der Waals surface area contributed by atoms with Gasteiger partial charge in [-0.2, -0.15) is 0 Å². The Morgan fingerprint density at radius 3 is 2.67 bits per heavy atom. The van der Waals surface area contributed by atoms with Gasteiger partial charge in [-0.15, -0.1) is 0 Å². The molecule has 0 aromatic carbocycles. The second-order valence-corrected chi connectivity index (χ2v) is 4.43. The number of amides is 3. The van der Waals surface area contributed by atoms with Gasteiger partial charge in [0.05, 0.1) is 6.54 Å². The number of urea groups is 1. The van der Waals surface area contributed by atoms with Crippen molar-refractivity contribution >= 4 is 18.2 Å². The predicted octanol–water partition coefficient (Wildman–Crippen LogP) is 1.31. The lowest BCUT2D eigenvalue weighted by atomic mass is 9.99. The van der Waals surface area contributed by atoms with E-state index in [9.17, 15) is 14.4 Å². The van der Waals surface area contributed by atoms with Gasteiger partial charge in [-0.05, 0) is 25.5 Å². The summed E-state index contributed by atoms with van der Waals surface area (Å²) in [6, 6.07) is 2.64. The van der Waals surface area contributed by atoms with Gasteiger partial charge in [0.2, 0.25) is 0 Å². The topological polar surface area (TPSA) is 79.6 Å². The highest BCUT2D eigenvalue weighted by Crippen LogP contribution is 2.23. The fraction of sp³-hybridized carbons (Fsp3) is 0.417. The van der Waals surface area contributed by atoms with E-state index in [1.165, 1.54) is 6.07 Å². The van der Waals surface area contributed by atoms with Crippen molar-refractivity contribution in [2.24, 2.45) is 0 Å². The minimum absolute atomic E-state index is 0.0358. The van der Waals surface area contributed by atoms with Crippen molar-refractivity contribution in [2.45, 2.75) is 32.4 Å². The predicted molar refractivity (Wildman–Crippen MR) is 61.9 cm³/mol. The Kier molecular flexibility index (Phi) is 2.94. The summed E-state index contributed by atoms with van der Waals surface area (Å²) < 4.78 is 5.15. The van der Waals surface area contributed by atoms with Crippen LogP contribution in [0.4, 0.5) is 4.79 Å². The lowest BCUT2D eigenvalue weighted by Crippen LogP contribution is -2.43. The highest BCUT2D eigenvalue weighted by atomic mass is 16.3. The minimum atomic E-state index is -0.850. The summed E-state index contributed by atoms with van der Waals surface area (Å²) in [6.07, 6.45) is 1.09. The maximum Gasteiger partial charge on any atom is 0.325 e. The van der Waals surface area contributed by atoms with Crippen LogP contribution >= 0.6 is 0 Å². The molecule has 0 radical (unpaired) electrons. The fourth-order valence-electron chi connectivity index (χ4n) is 1.83. The monoisotopic (exact) mass is 250 g/mol. The largest absolute Gasteiger partial charge is 0.456 e. The van der Waals surface area contributed by atoms with Gasteiger partial charge >= 0.3 is 6.03 Å². The number of nitrogens with zero attached hydrogens (tertiary/aromatic N) is 1. The Morgan fingerprint density at radius 1 is 1.44 bits per heavy atom. The second kappa shape index (κ2) is 4.29. The lowest BCUT2D eigenvalue weighted by molar-refractivity contribution is -0.131. The van der Waals surface area contributed by atoms with Crippen LogP contribution in [0.1, 0.15) is 36.6 Å². The summed E-state index contributed by atoms with van der Waals surface area (Å²) in [7, 11) is 0. The van der Waals surface area contributed by atoms with Crippen LogP contribution in [0.5, 0.6) is 0 Å². The van der Waals surface area contributed by atoms with Crippen LogP contribution in [0.15, 0.2) is 16.5 Å². The van der Waals surface area contributed by atoms with Gasteiger partial charge in [0, 0.05) is 0 Å². The molecular weight excluding hydrogens is 236 g/mol. The lowest BCUT2D eigenvalue weighted by Gasteiger charge is -2.18. The molecule has 3 amide bonds. The third kappa shape index (κ3) is 1.90. The van der Waals surface area contributed by atoms with Crippen LogP contribution in [-0.2, 0) is 11.3 Å². The molecule has 1 saturated heterocycles. The summed E-state index contributed by atoms with van der Waals surface area (Å²) >= 11 is 0. The van der Waals surface area contributed by atoms with Crippen molar-refractivity contribution in [3.8, 4) is 0 Å². The number of aldehydes is 1. The zero-order valence-electron chi connectivity index (χ0n) is 10.2. The summed E-state index contributed by atoms with van der Waals surface area (Å²) in [5.41, 5.74) is -0.850. The van der Waals surface area contributed by atoms with Crippen LogP contribution in [0.2, 0.25) is 0 Å². The summed E-state index contributed by atoms with van der Waals surface area (Å²) in [5.74, 6) is 0.301. The zero-order chi connectivity index (χ0) is 13.3. The standard InChI is InChI=1S/C12H14N2O4/c1-3-12(2)10(16)14(11(17)13-12)6-8-4-5-9(7-15)18-8/h4-5,7H,3,6H2,1-2H3,(H,13,17). The van der Waals surface area contributed by atoms with Crippen molar-refractivity contribution in [1.29, 1.82) is 0 Å².